The molecule has 1 aromatic rings. The number of nitrogens with one attached hydrogen (secondary N) is 1. The van der Waals surface area contributed by atoms with Gasteiger partial charge in [0.1, 0.15) is 0 Å². The van der Waals surface area contributed by atoms with Gasteiger partial charge >= 0.3 is 0 Å². The molecule has 1 heterocycles. The number of aryl methyl sites for hydroxylation is 1. The van der Waals surface area contributed by atoms with Crippen molar-refractivity contribution < 1.29 is 4.79 Å². The number of hydrogen-bond acceptors (Lipinski definition) is 2. The second-order valence-electron chi connectivity index (χ2n) is 5.08. The van der Waals surface area contributed by atoms with Crippen LogP contribution in [0.3, 0.4) is 0 Å². The van der Waals surface area contributed by atoms with E-state index in [1.54, 1.807) is 0 Å². The monoisotopic (exact) mass is 235 g/mol. The van der Waals surface area contributed by atoms with E-state index in [0.717, 1.165) is 31.2 Å². The third-order valence-electron chi connectivity index (χ3n) is 3.54. The van der Waals surface area contributed by atoms with Gasteiger partial charge in [0.05, 0.1) is 5.54 Å². The molecule has 0 aliphatic heterocycles. The summed E-state index contributed by atoms with van der Waals surface area (Å²) in [7, 11) is 1.97. The van der Waals surface area contributed by atoms with Gasteiger partial charge in [0.25, 0.3) is 0 Å². The minimum absolute atomic E-state index is 0.000975. The van der Waals surface area contributed by atoms with E-state index < -0.39 is 5.54 Å². The van der Waals surface area contributed by atoms with Crippen LogP contribution in [-0.4, -0.2) is 16.0 Å². The zero-order valence-corrected chi connectivity index (χ0v) is 10.4. The highest BCUT2D eigenvalue weighted by atomic mass is 16.2. The molecule has 4 heteroatoms. The van der Waals surface area contributed by atoms with Crippen LogP contribution in [0.4, 0.5) is 0 Å². The summed E-state index contributed by atoms with van der Waals surface area (Å²) < 4.78 is 1.97. The van der Waals surface area contributed by atoms with Crippen molar-refractivity contribution >= 4 is 5.91 Å². The Kier molecular flexibility index (Phi) is 3.52. The lowest BCUT2D eigenvalue weighted by Crippen LogP contribution is -2.54. The summed E-state index contributed by atoms with van der Waals surface area (Å²) in [6, 6.07) is 2.00. The van der Waals surface area contributed by atoms with Crippen molar-refractivity contribution in [2.75, 3.05) is 0 Å². The molecule has 0 aromatic carbocycles. The molecule has 17 heavy (non-hydrogen) atoms. The maximum Gasteiger partial charge on any atom is 0.240 e. The van der Waals surface area contributed by atoms with E-state index >= 15 is 0 Å². The third-order valence-corrected chi connectivity index (χ3v) is 3.54. The van der Waals surface area contributed by atoms with Crippen LogP contribution in [-0.2, 0) is 18.4 Å². The molecule has 0 radical (unpaired) electrons. The number of carbonyl (C=O) groups is 1. The highest BCUT2D eigenvalue weighted by Gasteiger charge is 2.34. The summed E-state index contributed by atoms with van der Waals surface area (Å²) in [6.07, 6.45) is 8.93. The molecule has 1 fully saturated rings. The first-order valence-corrected chi connectivity index (χ1v) is 6.28. The summed E-state index contributed by atoms with van der Waals surface area (Å²) >= 11 is 0. The molecule has 94 valence electrons. The lowest BCUT2D eigenvalue weighted by atomic mass is 9.82. The van der Waals surface area contributed by atoms with Gasteiger partial charge in [-0.15, -0.1) is 0 Å². The quantitative estimate of drug-likeness (QED) is 0.829. The van der Waals surface area contributed by atoms with Crippen molar-refractivity contribution in [1.82, 2.24) is 9.88 Å². The highest BCUT2D eigenvalue weighted by Crippen LogP contribution is 2.25. The Hall–Kier alpha value is -1.29. The van der Waals surface area contributed by atoms with E-state index in [0.29, 0.717) is 6.54 Å². The average molecular weight is 235 g/mol. The lowest BCUT2D eigenvalue weighted by molar-refractivity contribution is -0.127. The number of aromatic nitrogens is 1. The number of nitrogens with two attached hydrogens (primary N) is 1. The number of hydrogen-bond donors (Lipinski definition) is 2. The number of amides is 1. The van der Waals surface area contributed by atoms with Crippen LogP contribution in [0.25, 0.3) is 0 Å². The predicted octanol–water partition coefficient (Wildman–Crippen LogP) is 1.30. The molecule has 2 rings (SSSR count). The predicted molar refractivity (Wildman–Crippen MR) is 67.3 cm³/mol. The van der Waals surface area contributed by atoms with Gasteiger partial charge in [0.15, 0.2) is 0 Å². The van der Waals surface area contributed by atoms with E-state index in [1.807, 2.05) is 30.1 Å². The second kappa shape index (κ2) is 4.92. The Balaban J connectivity index is 1.88. The van der Waals surface area contributed by atoms with Gasteiger partial charge in [0.2, 0.25) is 5.91 Å². The average Bonchev–Trinajstić information content (AvgIpc) is 2.73. The summed E-state index contributed by atoms with van der Waals surface area (Å²) in [5, 5.41) is 2.95. The van der Waals surface area contributed by atoms with Crippen LogP contribution in [0.15, 0.2) is 18.5 Å². The Morgan fingerprint density at radius 1 is 1.47 bits per heavy atom. The smallest absolute Gasteiger partial charge is 0.240 e. The van der Waals surface area contributed by atoms with Crippen molar-refractivity contribution in [3.63, 3.8) is 0 Å². The Morgan fingerprint density at radius 3 is 2.76 bits per heavy atom. The van der Waals surface area contributed by atoms with Crippen molar-refractivity contribution in [1.29, 1.82) is 0 Å². The fourth-order valence-electron chi connectivity index (χ4n) is 2.43. The molecular weight excluding hydrogens is 214 g/mol. The maximum atomic E-state index is 12.1. The minimum Gasteiger partial charge on any atom is -0.357 e. The van der Waals surface area contributed by atoms with Crippen LogP contribution in [0.5, 0.6) is 0 Å². The van der Waals surface area contributed by atoms with Gasteiger partial charge in [-0.3, -0.25) is 4.79 Å². The molecule has 0 unspecified atom stereocenters. The molecule has 1 saturated carbocycles. The second-order valence-corrected chi connectivity index (χ2v) is 5.08. The van der Waals surface area contributed by atoms with Gasteiger partial charge in [0, 0.05) is 26.0 Å². The normalized spacial score (nSPS) is 18.9. The zero-order chi connectivity index (χ0) is 12.3. The third kappa shape index (κ3) is 2.88. The van der Waals surface area contributed by atoms with Crippen LogP contribution >= 0.6 is 0 Å². The first-order valence-electron chi connectivity index (χ1n) is 6.28. The molecule has 0 spiro atoms. The molecule has 1 amide bonds. The minimum atomic E-state index is -0.632. The maximum absolute atomic E-state index is 12.1. The van der Waals surface area contributed by atoms with Gasteiger partial charge in [-0.2, -0.15) is 0 Å². The summed E-state index contributed by atoms with van der Waals surface area (Å²) in [6.45, 7) is 0.568. The Labute approximate surface area is 102 Å². The van der Waals surface area contributed by atoms with Crippen LogP contribution in [0.1, 0.15) is 37.7 Å². The van der Waals surface area contributed by atoms with Gasteiger partial charge < -0.3 is 15.6 Å². The number of carbonyl (C=O) groups excluding carboxylic acids is 1. The van der Waals surface area contributed by atoms with Gasteiger partial charge in [-0.05, 0) is 24.5 Å². The topological polar surface area (TPSA) is 60.0 Å². The zero-order valence-electron chi connectivity index (χ0n) is 10.4. The van der Waals surface area contributed by atoms with E-state index in [4.69, 9.17) is 5.73 Å². The van der Waals surface area contributed by atoms with Crippen LogP contribution < -0.4 is 11.1 Å². The Bertz CT molecular complexity index is 391. The van der Waals surface area contributed by atoms with Crippen molar-refractivity contribution in [2.45, 2.75) is 44.2 Å². The summed E-state index contributed by atoms with van der Waals surface area (Å²) in [5.74, 6) is 0.000975. The van der Waals surface area contributed by atoms with E-state index in [9.17, 15) is 4.79 Å². The van der Waals surface area contributed by atoms with E-state index in [2.05, 4.69) is 5.32 Å². The summed E-state index contributed by atoms with van der Waals surface area (Å²) in [5.41, 5.74) is 6.63. The number of nitrogens with zero attached hydrogens (tertiary/aromatic N) is 1. The summed E-state index contributed by atoms with van der Waals surface area (Å²) in [4.78, 5) is 12.1. The molecule has 0 saturated heterocycles. The standard InChI is InChI=1S/C13H21N3O/c1-16-8-5-11(10-16)9-15-12(17)13(14)6-3-2-4-7-13/h5,8,10H,2-4,6-7,9,14H2,1H3,(H,15,17). The molecule has 1 aliphatic carbocycles. The lowest BCUT2D eigenvalue weighted by Gasteiger charge is -2.31. The SMILES string of the molecule is Cn1ccc(CNC(=O)C2(N)CCCCC2)c1. The van der Waals surface area contributed by atoms with E-state index in [-0.39, 0.29) is 5.91 Å². The fourth-order valence-corrected chi connectivity index (χ4v) is 2.43. The van der Waals surface area contributed by atoms with Gasteiger partial charge in [-0.25, -0.2) is 0 Å². The van der Waals surface area contributed by atoms with Crippen LogP contribution in [0.2, 0.25) is 0 Å². The molecule has 0 atom stereocenters. The highest BCUT2D eigenvalue weighted by molar-refractivity contribution is 5.86. The molecular formula is C13H21N3O. The molecule has 1 aliphatic rings. The van der Waals surface area contributed by atoms with E-state index in [1.165, 1.54) is 6.42 Å². The molecule has 1 aromatic heterocycles. The molecule has 4 nitrogen and oxygen atoms in total. The number of rotatable bonds is 3. The van der Waals surface area contributed by atoms with Crippen molar-refractivity contribution in [3.8, 4) is 0 Å². The van der Waals surface area contributed by atoms with Crippen molar-refractivity contribution in [2.24, 2.45) is 12.8 Å². The Morgan fingerprint density at radius 2 is 2.18 bits per heavy atom. The van der Waals surface area contributed by atoms with Crippen molar-refractivity contribution in [3.05, 3.63) is 24.0 Å². The fraction of sp³-hybridized carbons (Fsp3) is 0.615. The molecule has 0 bridgehead atoms. The first-order chi connectivity index (χ1) is 8.10. The largest absolute Gasteiger partial charge is 0.357 e. The first kappa shape index (κ1) is 12.2. The van der Waals surface area contributed by atoms with Crippen LogP contribution in [0, 0.1) is 0 Å². The molecule has 3 N–H and O–H groups in total. The van der Waals surface area contributed by atoms with Gasteiger partial charge in [-0.1, -0.05) is 19.3 Å².